The molecule has 100 valence electrons. The van der Waals surface area contributed by atoms with Crippen molar-refractivity contribution in [2.45, 2.75) is 51.0 Å². The molecule has 1 aliphatic carbocycles. The highest BCUT2D eigenvalue weighted by molar-refractivity contribution is 5.74. The number of amides is 2. The molecule has 0 aliphatic heterocycles. The molecule has 4 nitrogen and oxygen atoms in total. The Labute approximate surface area is 108 Å². The first kappa shape index (κ1) is 13.0. The van der Waals surface area contributed by atoms with Crippen molar-refractivity contribution in [3.05, 3.63) is 24.2 Å². The molecule has 2 rings (SSSR count). The van der Waals surface area contributed by atoms with E-state index in [0.717, 1.165) is 31.4 Å². The van der Waals surface area contributed by atoms with Gasteiger partial charge in [-0.1, -0.05) is 19.3 Å². The van der Waals surface area contributed by atoms with Gasteiger partial charge >= 0.3 is 6.03 Å². The molecular weight excluding hydrogens is 228 g/mol. The molecular formula is C14H22N2O2. The first-order valence-corrected chi connectivity index (χ1v) is 6.91. The second-order valence-corrected chi connectivity index (χ2v) is 4.92. The first-order chi connectivity index (χ1) is 8.84. The van der Waals surface area contributed by atoms with E-state index in [-0.39, 0.29) is 6.03 Å². The molecule has 1 fully saturated rings. The summed E-state index contributed by atoms with van der Waals surface area (Å²) in [5.41, 5.74) is 0. The van der Waals surface area contributed by atoms with Gasteiger partial charge in [0.25, 0.3) is 0 Å². The molecule has 0 atom stereocenters. The molecule has 2 N–H and O–H groups in total. The van der Waals surface area contributed by atoms with Crippen molar-refractivity contribution in [3.63, 3.8) is 0 Å². The van der Waals surface area contributed by atoms with Crippen molar-refractivity contribution in [2.24, 2.45) is 0 Å². The summed E-state index contributed by atoms with van der Waals surface area (Å²) in [4.78, 5) is 11.6. The fraction of sp³-hybridized carbons (Fsp3) is 0.643. The number of hydrogen-bond donors (Lipinski definition) is 2. The van der Waals surface area contributed by atoms with E-state index >= 15 is 0 Å². The molecule has 4 heteroatoms. The molecule has 2 amide bonds. The third kappa shape index (κ3) is 4.43. The number of nitrogens with one attached hydrogen (secondary N) is 2. The number of carbonyl (C=O) groups is 1. The van der Waals surface area contributed by atoms with Gasteiger partial charge in [0.1, 0.15) is 5.76 Å². The molecule has 1 aromatic heterocycles. The van der Waals surface area contributed by atoms with Gasteiger partial charge in [-0.3, -0.25) is 0 Å². The van der Waals surface area contributed by atoms with E-state index in [1.165, 1.54) is 19.3 Å². The van der Waals surface area contributed by atoms with Crippen molar-refractivity contribution in [2.75, 3.05) is 6.54 Å². The Morgan fingerprint density at radius 1 is 1.33 bits per heavy atom. The van der Waals surface area contributed by atoms with Gasteiger partial charge in [0.15, 0.2) is 0 Å². The maximum Gasteiger partial charge on any atom is 0.315 e. The van der Waals surface area contributed by atoms with E-state index in [4.69, 9.17) is 4.42 Å². The van der Waals surface area contributed by atoms with Crippen LogP contribution in [0.2, 0.25) is 0 Å². The van der Waals surface area contributed by atoms with Gasteiger partial charge in [-0.05, 0) is 31.4 Å². The van der Waals surface area contributed by atoms with E-state index in [1.807, 2.05) is 12.1 Å². The Morgan fingerprint density at radius 2 is 2.17 bits per heavy atom. The summed E-state index contributed by atoms with van der Waals surface area (Å²) in [6.07, 6.45) is 9.50. The fourth-order valence-corrected chi connectivity index (χ4v) is 2.40. The van der Waals surface area contributed by atoms with E-state index < -0.39 is 0 Å². The highest BCUT2D eigenvalue weighted by Crippen LogP contribution is 2.17. The first-order valence-electron chi connectivity index (χ1n) is 6.91. The molecule has 0 saturated heterocycles. The lowest BCUT2D eigenvalue weighted by Crippen LogP contribution is -2.43. The van der Waals surface area contributed by atoms with Crippen molar-refractivity contribution >= 4 is 6.03 Å². The Balaban J connectivity index is 1.54. The fourth-order valence-electron chi connectivity index (χ4n) is 2.40. The normalized spacial score (nSPS) is 16.4. The van der Waals surface area contributed by atoms with Crippen molar-refractivity contribution < 1.29 is 9.21 Å². The van der Waals surface area contributed by atoms with Crippen LogP contribution in [0, 0.1) is 0 Å². The number of carbonyl (C=O) groups excluding carboxylic acids is 1. The van der Waals surface area contributed by atoms with Gasteiger partial charge in [0.05, 0.1) is 6.26 Å². The quantitative estimate of drug-likeness (QED) is 0.789. The summed E-state index contributed by atoms with van der Waals surface area (Å²) in [6.45, 7) is 0.694. The van der Waals surface area contributed by atoms with Crippen LogP contribution in [0.15, 0.2) is 22.8 Å². The van der Waals surface area contributed by atoms with Gasteiger partial charge in [-0.15, -0.1) is 0 Å². The molecule has 1 heterocycles. The summed E-state index contributed by atoms with van der Waals surface area (Å²) >= 11 is 0. The summed E-state index contributed by atoms with van der Waals surface area (Å²) in [5.74, 6) is 0.976. The lowest BCUT2D eigenvalue weighted by Gasteiger charge is -2.22. The van der Waals surface area contributed by atoms with Crippen LogP contribution in [0.25, 0.3) is 0 Å². The number of aryl methyl sites for hydroxylation is 1. The number of hydrogen-bond acceptors (Lipinski definition) is 2. The Morgan fingerprint density at radius 3 is 2.89 bits per heavy atom. The lowest BCUT2D eigenvalue weighted by molar-refractivity contribution is 0.232. The van der Waals surface area contributed by atoms with E-state index in [2.05, 4.69) is 10.6 Å². The zero-order valence-electron chi connectivity index (χ0n) is 10.8. The third-order valence-corrected chi connectivity index (χ3v) is 3.41. The molecule has 0 unspecified atom stereocenters. The highest BCUT2D eigenvalue weighted by Gasteiger charge is 2.14. The van der Waals surface area contributed by atoms with Gasteiger partial charge < -0.3 is 15.1 Å². The SMILES string of the molecule is O=C(NCCCc1ccco1)NC1CCCCC1. The molecule has 18 heavy (non-hydrogen) atoms. The second kappa shape index (κ2) is 7.09. The topological polar surface area (TPSA) is 54.3 Å². The zero-order chi connectivity index (χ0) is 12.6. The predicted molar refractivity (Wildman–Crippen MR) is 70.4 cm³/mol. The van der Waals surface area contributed by atoms with Crippen LogP contribution in [0.5, 0.6) is 0 Å². The molecule has 0 radical (unpaired) electrons. The monoisotopic (exact) mass is 250 g/mol. The molecule has 1 aromatic rings. The van der Waals surface area contributed by atoms with Crippen LogP contribution in [-0.4, -0.2) is 18.6 Å². The predicted octanol–water partition coefficient (Wildman–Crippen LogP) is 2.84. The summed E-state index contributed by atoms with van der Waals surface area (Å²) in [7, 11) is 0. The van der Waals surface area contributed by atoms with Crippen LogP contribution >= 0.6 is 0 Å². The van der Waals surface area contributed by atoms with Crippen molar-refractivity contribution in [3.8, 4) is 0 Å². The maximum absolute atomic E-state index is 11.6. The van der Waals surface area contributed by atoms with Crippen LogP contribution in [0.4, 0.5) is 4.79 Å². The lowest BCUT2D eigenvalue weighted by atomic mass is 9.96. The Bertz CT molecular complexity index is 343. The van der Waals surface area contributed by atoms with Crippen molar-refractivity contribution in [1.29, 1.82) is 0 Å². The van der Waals surface area contributed by atoms with Gasteiger partial charge in [0.2, 0.25) is 0 Å². The van der Waals surface area contributed by atoms with Gasteiger partial charge in [-0.2, -0.15) is 0 Å². The summed E-state index contributed by atoms with van der Waals surface area (Å²) < 4.78 is 5.23. The van der Waals surface area contributed by atoms with Gasteiger partial charge in [-0.25, -0.2) is 4.79 Å². The average molecular weight is 250 g/mol. The molecule has 1 saturated carbocycles. The van der Waals surface area contributed by atoms with Crippen LogP contribution in [0.1, 0.15) is 44.3 Å². The minimum absolute atomic E-state index is 0.0265. The van der Waals surface area contributed by atoms with Crippen molar-refractivity contribution in [1.82, 2.24) is 10.6 Å². The molecule has 0 spiro atoms. The number of rotatable bonds is 5. The smallest absolute Gasteiger partial charge is 0.315 e. The maximum atomic E-state index is 11.6. The minimum atomic E-state index is -0.0265. The number of urea groups is 1. The Hall–Kier alpha value is -1.45. The third-order valence-electron chi connectivity index (χ3n) is 3.41. The number of furan rings is 1. The molecule has 0 bridgehead atoms. The second-order valence-electron chi connectivity index (χ2n) is 4.92. The van der Waals surface area contributed by atoms with E-state index in [1.54, 1.807) is 6.26 Å². The summed E-state index contributed by atoms with van der Waals surface area (Å²) in [5, 5.41) is 5.94. The zero-order valence-corrected chi connectivity index (χ0v) is 10.8. The van der Waals surface area contributed by atoms with E-state index in [9.17, 15) is 4.79 Å². The average Bonchev–Trinajstić information content (AvgIpc) is 2.89. The highest BCUT2D eigenvalue weighted by atomic mass is 16.3. The summed E-state index contributed by atoms with van der Waals surface area (Å²) in [6, 6.07) is 4.20. The largest absolute Gasteiger partial charge is 0.469 e. The van der Waals surface area contributed by atoms with Gasteiger partial charge in [0, 0.05) is 19.0 Å². The molecule has 0 aromatic carbocycles. The standard InChI is InChI=1S/C14H22N2O2/c17-14(16-12-6-2-1-3-7-12)15-10-4-8-13-9-5-11-18-13/h5,9,11-12H,1-4,6-8,10H2,(H2,15,16,17). The van der Waals surface area contributed by atoms with Crippen LogP contribution in [-0.2, 0) is 6.42 Å². The minimum Gasteiger partial charge on any atom is -0.469 e. The van der Waals surface area contributed by atoms with E-state index in [0.29, 0.717) is 12.6 Å². The van der Waals surface area contributed by atoms with Crippen LogP contribution in [0.3, 0.4) is 0 Å². The van der Waals surface area contributed by atoms with Crippen LogP contribution < -0.4 is 10.6 Å². The molecule has 1 aliphatic rings. The Kier molecular flexibility index (Phi) is 5.12.